The molecule has 0 aliphatic rings. The summed E-state index contributed by atoms with van der Waals surface area (Å²) in [6, 6.07) is 1.12. The molecule has 2 N–H and O–H groups in total. The Morgan fingerprint density at radius 1 is 1.59 bits per heavy atom. The molecule has 0 saturated carbocycles. The van der Waals surface area contributed by atoms with Gasteiger partial charge in [-0.1, -0.05) is 19.6 Å². The van der Waals surface area contributed by atoms with Crippen molar-refractivity contribution in [3.8, 4) is 0 Å². The molecule has 1 rings (SSSR count). The van der Waals surface area contributed by atoms with E-state index >= 15 is 0 Å². The topological polar surface area (TPSA) is 70.1 Å². The Bertz CT molecular complexity index is 401. The highest BCUT2D eigenvalue weighted by Crippen LogP contribution is 2.10. The van der Waals surface area contributed by atoms with Crippen molar-refractivity contribution >= 4 is 36.6 Å². The maximum absolute atomic E-state index is 11.0. The lowest BCUT2D eigenvalue weighted by Crippen LogP contribution is -2.22. The van der Waals surface area contributed by atoms with E-state index in [1.165, 1.54) is 0 Å². The van der Waals surface area contributed by atoms with Gasteiger partial charge in [0.2, 0.25) is 0 Å². The Balaban J connectivity index is 2.43. The highest BCUT2D eigenvalue weighted by molar-refractivity contribution is 14.1. The van der Waals surface area contributed by atoms with Gasteiger partial charge in [0, 0.05) is 20.9 Å². The molecule has 0 fully saturated rings. The molecule has 0 unspecified atom stereocenters. The summed E-state index contributed by atoms with van der Waals surface area (Å²) in [5.74, 6) is -0.456. The van der Waals surface area contributed by atoms with E-state index in [0.717, 1.165) is 12.7 Å². The number of halogens is 1. The van der Waals surface area contributed by atoms with Gasteiger partial charge < -0.3 is 10.5 Å². The standard InChI is InChI=1S/C10H18IN3O2Si/c1-17(2,3)5-4-16-7-14-6-8(10(12)15)9(11)13-14/h6H,4-5,7H2,1-3H3,(H2,12,15). The molecule has 0 aliphatic heterocycles. The van der Waals surface area contributed by atoms with Crippen molar-refractivity contribution in [2.45, 2.75) is 32.4 Å². The third-order valence-corrected chi connectivity index (χ3v) is 4.70. The van der Waals surface area contributed by atoms with Gasteiger partial charge in [-0.3, -0.25) is 4.79 Å². The van der Waals surface area contributed by atoms with Gasteiger partial charge in [0.05, 0.1) is 5.56 Å². The molecule has 0 aromatic carbocycles. The van der Waals surface area contributed by atoms with Crippen LogP contribution in [0.1, 0.15) is 10.4 Å². The zero-order chi connectivity index (χ0) is 13.1. The molecule has 1 aromatic rings. The van der Waals surface area contributed by atoms with E-state index in [1.807, 2.05) is 22.6 Å². The van der Waals surface area contributed by atoms with Crippen LogP contribution in [0.2, 0.25) is 25.7 Å². The second-order valence-corrected chi connectivity index (χ2v) is 11.7. The SMILES string of the molecule is C[Si](C)(C)CCOCn1cc(C(N)=O)c(I)n1. The molecule has 96 valence electrons. The zero-order valence-electron chi connectivity index (χ0n) is 10.4. The fraction of sp³-hybridized carbons (Fsp3) is 0.600. The van der Waals surface area contributed by atoms with Crippen LogP contribution in [0.3, 0.4) is 0 Å². The van der Waals surface area contributed by atoms with Gasteiger partial charge in [-0.15, -0.1) is 0 Å². The van der Waals surface area contributed by atoms with Gasteiger partial charge in [-0.2, -0.15) is 5.10 Å². The molecule has 0 bridgehead atoms. The number of carbonyl (C=O) groups is 1. The fourth-order valence-corrected chi connectivity index (χ4v) is 2.60. The Labute approximate surface area is 116 Å². The van der Waals surface area contributed by atoms with E-state index in [2.05, 4.69) is 24.7 Å². The zero-order valence-corrected chi connectivity index (χ0v) is 13.5. The van der Waals surface area contributed by atoms with Crippen molar-refractivity contribution in [2.24, 2.45) is 5.73 Å². The van der Waals surface area contributed by atoms with Gasteiger partial charge in [-0.05, 0) is 28.6 Å². The summed E-state index contributed by atoms with van der Waals surface area (Å²) < 4.78 is 7.74. The first-order chi connectivity index (χ1) is 7.79. The molecule has 1 aromatic heterocycles. The third kappa shape index (κ3) is 5.17. The molecule has 0 spiro atoms. The third-order valence-electron chi connectivity index (χ3n) is 2.20. The molecular weight excluding hydrogens is 349 g/mol. The number of nitrogens with zero attached hydrogens (tertiary/aromatic N) is 2. The van der Waals surface area contributed by atoms with Crippen LogP contribution in [0.4, 0.5) is 0 Å². The first-order valence-electron chi connectivity index (χ1n) is 5.40. The quantitative estimate of drug-likeness (QED) is 0.474. The number of aromatic nitrogens is 2. The van der Waals surface area contributed by atoms with Gasteiger partial charge in [0.25, 0.3) is 5.91 Å². The molecule has 1 heterocycles. The van der Waals surface area contributed by atoms with E-state index in [0.29, 0.717) is 16.0 Å². The molecule has 17 heavy (non-hydrogen) atoms. The average Bonchev–Trinajstić information content (AvgIpc) is 2.53. The number of amides is 1. The van der Waals surface area contributed by atoms with Crippen molar-refractivity contribution in [1.29, 1.82) is 0 Å². The van der Waals surface area contributed by atoms with E-state index in [4.69, 9.17) is 10.5 Å². The van der Waals surface area contributed by atoms with Crippen molar-refractivity contribution < 1.29 is 9.53 Å². The summed E-state index contributed by atoms with van der Waals surface area (Å²) >= 11 is 1.99. The number of hydrogen-bond donors (Lipinski definition) is 1. The van der Waals surface area contributed by atoms with Crippen LogP contribution in [-0.2, 0) is 11.5 Å². The number of rotatable bonds is 6. The second kappa shape index (κ2) is 5.96. The van der Waals surface area contributed by atoms with Crippen LogP contribution in [0.15, 0.2) is 6.20 Å². The van der Waals surface area contributed by atoms with Crippen LogP contribution in [0.25, 0.3) is 0 Å². The predicted octanol–water partition coefficient (Wildman–Crippen LogP) is 1.90. The Kier molecular flexibility index (Phi) is 5.14. The smallest absolute Gasteiger partial charge is 0.253 e. The molecule has 0 atom stereocenters. The maximum Gasteiger partial charge on any atom is 0.253 e. The number of nitrogens with two attached hydrogens (primary N) is 1. The molecule has 1 amide bonds. The Hall–Kier alpha value is -0.413. The van der Waals surface area contributed by atoms with Crippen molar-refractivity contribution in [1.82, 2.24) is 9.78 Å². The van der Waals surface area contributed by atoms with Crippen molar-refractivity contribution in [2.75, 3.05) is 6.61 Å². The van der Waals surface area contributed by atoms with Crippen LogP contribution < -0.4 is 5.73 Å². The van der Waals surface area contributed by atoms with E-state index in [1.54, 1.807) is 10.9 Å². The van der Waals surface area contributed by atoms with E-state index < -0.39 is 14.0 Å². The molecule has 0 saturated heterocycles. The summed E-state index contributed by atoms with van der Waals surface area (Å²) in [4.78, 5) is 11.0. The molecule has 0 radical (unpaired) electrons. The summed E-state index contributed by atoms with van der Waals surface area (Å²) in [7, 11) is -1.05. The molecule has 5 nitrogen and oxygen atoms in total. The average molecular weight is 367 g/mol. The maximum atomic E-state index is 11.0. The van der Waals surface area contributed by atoms with E-state index in [-0.39, 0.29) is 0 Å². The number of primary amides is 1. The summed E-state index contributed by atoms with van der Waals surface area (Å²) in [6.45, 7) is 8.01. The molecule has 0 aliphatic carbocycles. The molecular formula is C10H18IN3O2Si. The number of carbonyl (C=O) groups excluding carboxylic acids is 1. The lowest BCUT2D eigenvalue weighted by molar-refractivity contribution is 0.0782. The normalized spacial score (nSPS) is 11.8. The van der Waals surface area contributed by atoms with Crippen molar-refractivity contribution in [3.05, 3.63) is 15.5 Å². The van der Waals surface area contributed by atoms with Gasteiger partial charge in [-0.25, -0.2) is 4.68 Å². The lowest BCUT2D eigenvalue weighted by atomic mass is 10.4. The van der Waals surface area contributed by atoms with Crippen LogP contribution in [0.5, 0.6) is 0 Å². The first-order valence-corrected chi connectivity index (χ1v) is 10.2. The summed E-state index contributed by atoms with van der Waals surface area (Å²) in [5.41, 5.74) is 5.65. The minimum atomic E-state index is -1.05. The first kappa shape index (κ1) is 14.6. The monoisotopic (exact) mass is 367 g/mol. The minimum Gasteiger partial charge on any atom is -0.365 e. The minimum absolute atomic E-state index is 0.369. The Morgan fingerprint density at radius 2 is 2.24 bits per heavy atom. The van der Waals surface area contributed by atoms with Crippen LogP contribution in [0, 0.1) is 3.70 Å². The largest absolute Gasteiger partial charge is 0.365 e. The fourth-order valence-electron chi connectivity index (χ4n) is 1.17. The lowest BCUT2D eigenvalue weighted by Gasteiger charge is -2.15. The van der Waals surface area contributed by atoms with Crippen LogP contribution >= 0.6 is 22.6 Å². The Morgan fingerprint density at radius 3 is 2.71 bits per heavy atom. The predicted molar refractivity (Wildman–Crippen MR) is 77.6 cm³/mol. The van der Waals surface area contributed by atoms with Gasteiger partial charge >= 0.3 is 0 Å². The number of ether oxygens (including phenoxy) is 1. The highest BCUT2D eigenvalue weighted by atomic mass is 127. The second-order valence-electron chi connectivity index (χ2n) is 5.09. The number of hydrogen-bond acceptors (Lipinski definition) is 3. The highest BCUT2D eigenvalue weighted by Gasteiger charge is 2.13. The molecule has 7 heteroatoms. The van der Waals surface area contributed by atoms with E-state index in [9.17, 15) is 4.79 Å². The van der Waals surface area contributed by atoms with Crippen molar-refractivity contribution in [3.63, 3.8) is 0 Å². The van der Waals surface area contributed by atoms with Gasteiger partial charge in [0.1, 0.15) is 10.4 Å². The summed E-state index contributed by atoms with van der Waals surface area (Å²) in [5, 5.41) is 4.15. The summed E-state index contributed by atoms with van der Waals surface area (Å²) in [6.07, 6.45) is 1.62. The van der Waals surface area contributed by atoms with Crippen LogP contribution in [-0.4, -0.2) is 30.4 Å². The van der Waals surface area contributed by atoms with Gasteiger partial charge in [0.15, 0.2) is 0 Å².